The van der Waals surface area contributed by atoms with Gasteiger partial charge in [-0.05, 0) is 61.2 Å². The van der Waals surface area contributed by atoms with Gasteiger partial charge in [0.15, 0.2) is 15.8 Å². The first-order valence-corrected chi connectivity index (χ1v) is 16.8. The number of ketones is 1. The van der Waals surface area contributed by atoms with E-state index in [1.165, 1.54) is 40.7 Å². The van der Waals surface area contributed by atoms with Gasteiger partial charge in [0.2, 0.25) is 5.13 Å². The van der Waals surface area contributed by atoms with Crippen molar-refractivity contribution in [1.82, 2.24) is 10.2 Å². The fraction of sp³-hybridized carbons (Fsp3) is 0.189. The van der Waals surface area contributed by atoms with Crippen molar-refractivity contribution in [2.75, 3.05) is 12.0 Å². The summed E-state index contributed by atoms with van der Waals surface area (Å²) in [5.41, 5.74) is 5.97. The number of carbonyl (C=O) groups excluding carboxylic acids is 2. The zero-order chi connectivity index (χ0) is 33.1. The summed E-state index contributed by atoms with van der Waals surface area (Å²) >= 11 is 2.73. The number of hydrogen-bond donors (Lipinski definition) is 1. The molecule has 0 spiro atoms. The minimum atomic E-state index is -0.991. The third kappa shape index (κ3) is 6.79. The third-order valence-electron chi connectivity index (χ3n) is 7.92. The summed E-state index contributed by atoms with van der Waals surface area (Å²) in [6.45, 7) is 6.13. The topological polar surface area (TPSA) is 102 Å². The van der Waals surface area contributed by atoms with Crippen molar-refractivity contribution in [3.63, 3.8) is 0 Å². The number of thioether (sulfide) groups is 1. The number of aliphatic hydroxyl groups is 1. The number of nitrogens with zero attached hydrogens (tertiary/aromatic N) is 3. The normalized spacial score (nSPS) is 15.7. The van der Waals surface area contributed by atoms with Crippen LogP contribution in [0.2, 0.25) is 0 Å². The molecule has 0 aliphatic carbocycles. The van der Waals surface area contributed by atoms with E-state index in [9.17, 15) is 14.7 Å². The van der Waals surface area contributed by atoms with Crippen molar-refractivity contribution >= 4 is 45.7 Å². The Labute approximate surface area is 281 Å². The molecule has 1 fully saturated rings. The maximum Gasteiger partial charge on any atom is 0.301 e. The van der Waals surface area contributed by atoms with Gasteiger partial charge in [-0.25, -0.2) is 0 Å². The van der Waals surface area contributed by atoms with Crippen molar-refractivity contribution in [3.8, 4) is 11.5 Å². The summed E-state index contributed by atoms with van der Waals surface area (Å²) in [6, 6.07) is 27.9. The summed E-state index contributed by atoms with van der Waals surface area (Å²) < 4.78 is 12.4. The van der Waals surface area contributed by atoms with Crippen LogP contribution in [0.1, 0.15) is 45.0 Å². The zero-order valence-electron chi connectivity index (χ0n) is 26.4. The summed E-state index contributed by atoms with van der Waals surface area (Å²) in [4.78, 5) is 28.9. The Morgan fingerprint density at radius 1 is 0.872 bits per heavy atom. The molecular weight excluding hydrogens is 631 g/mol. The van der Waals surface area contributed by atoms with Crippen molar-refractivity contribution in [1.29, 1.82) is 0 Å². The lowest BCUT2D eigenvalue weighted by atomic mass is 9.93. The van der Waals surface area contributed by atoms with Crippen LogP contribution < -0.4 is 14.4 Å². The molecule has 1 amide bonds. The molecule has 1 aliphatic rings. The number of aromatic nitrogens is 2. The molecule has 1 N–H and O–H groups in total. The van der Waals surface area contributed by atoms with Gasteiger partial charge < -0.3 is 14.6 Å². The number of benzene rings is 4. The number of aryl methyl sites for hydroxylation is 3. The van der Waals surface area contributed by atoms with Crippen LogP contribution in [-0.4, -0.2) is 34.1 Å². The largest absolute Gasteiger partial charge is 0.507 e. The molecule has 0 saturated carbocycles. The van der Waals surface area contributed by atoms with Crippen LogP contribution in [0.15, 0.2) is 101 Å². The van der Waals surface area contributed by atoms with E-state index >= 15 is 0 Å². The highest BCUT2D eigenvalue weighted by molar-refractivity contribution is 8.00. The number of methoxy groups -OCH3 is 1. The SMILES string of the molecule is COc1cc(C2/C(=C(\O)c3cc(C)ccc3C)C(=O)C(=O)N2c2nnc(SCc3ccc(C)cc3)s2)ccc1OCc1ccccc1. The molecule has 8 nitrogen and oxygen atoms in total. The Kier molecular flexibility index (Phi) is 9.42. The predicted octanol–water partition coefficient (Wildman–Crippen LogP) is 7.97. The molecule has 6 rings (SSSR count). The van der Waals surface area contributed by atoms with E-state index in [2.05, 4.69) is 34.5 Å². The monoisotopic (exact) mass is 663 g/mol. The average molecular weight is 664 g/mol. The number of anilines is 1. The Balaban J connectivity index is 1.40. The van der Waals surface area contributed by atoms with Gasteiger partial charge in [0, 0.05) is 11.3 Å². The first kappa shape index (κ1) is 32.0. The number of carbonyl (C=O) groups is 2. The van der Waals surface area contributed by atoms with Crippen molar-refractivity contribution in [3.05, 3.63) is 136 Å². The highest BCUT2D eigenvalue weighted by Crippen LogP contribution is 2.46. The quantitative estimate of drug-likeness (QED) is 0.0528. The average Bonchev–Trinajstić information content (AvgIpc) is 3.66. The molecule has 2 heterocycles. The lowest BCUT2D eigenvalue weighted by molar-refractivity contribution is -0.132. The van der Waals surface area contributed by atoms with Crippen LogP contribution >= 0.6 is 23.1 Å². The van der Waals surface area contributed by atoms with Gasteiger partial charge in [0.1, 0.15) is 12.4 Å². The Morgan fingerprint density at radius 3 is 2.36 bits per heavy atom. The van der Waals surface area contributed by atoms with E-state index < -0.39 is 17.7 Å². The van der Waals surface area contributed by atoms with Crippen LogP contribution in [0.25, 0.3) is 5.76 Å². The van der Waals surface area contributed by atoms with Gasteiger partial charge in [-0.2, -0.15) is 0 Å². The van der Waals surface area contributed by atoms with Crippen LogP contribution in [-0.2, 0) is 21.9 Å². The van der Waals surface area contributed by atoms with E-state index in [-0.39, 0.29) is 16.5 Å². The second-order valence-corrected chi connectivity index (χ2v) is 13.5. The highest BCUT2D eigenvalue weighted by Gasteiger charge is 2.48. The Bertz CT molecular complexity index is 1970. The van der Waals surface area contributed by atoms with E-state index in [1.54, 1.807) is 24.3 Å². The van der Waals surface area contributed by atoms with Gasteiger partial charge in [-0.3, -0.25) is 14.5 Å². The zero-order valence-corrected chi connectivity index (χ0v) is 28.0. The van der Waals surface area contributed by atoms with Crippen LogP contribution in [0.4, 0.5) is 5.13 Å². The molecule has 5 aromatic rings. The molecule has 1 aliphatic heterocycles. The second kappa shape index (κ2) is 13.8. The van der Waals surface area contributed by atoms with Crippen LogP contribution in [0.3, 0.4) is 0 Å². The fourth-order valence-corrected chi connectivity index (χ4v) is 7.20. The molecule has 1 atom stereocenters. The standard InChI is InChI=1S/C37H33N3O5S2/c1-22-11-14-26(15-12-22)21-46-37-39-38-36(47-37)40-32(31(34(42)35(40)43)33(41)28-18-23(2)10-13-24(28)3)27-16-17-29(30(19-27)44-4)45-20-25-8-6-5-7-9-25/h5-19,32,41H,20-21H2,1-4H3/b33-31+. The number of Topliss-reactive ketones (excluding diaryl/α,β-unsaturated/α-hetero) is 1. The van der Waals surface area contributed by atoms with Crippen molar-refractivity contribution in [2.24, 2.45) is 0 Å². The molecule has 47 heavy (non-hydrogen) atoms. The molecular formula is C37H33N3O5S2. The summed E-state index contributed by atoms with van der Waals surface area (Å²) in [7, 11) is 1.53. The Morgan fingerprint density at radius 2 is 1.62 bits per heavy atom. The molecule has 10 heteroatoms. The van der Waals surface area contributed by atoms with Gasteiger partial charge >= 0.3 is 5.91 Å². The van der Waals surface area contributed by atoms with E-state index in [0.29, 0.717) is 39.3 Å². The Hall–Kier alpha value is -4.93. The van der Waals surface area contributed by atoms with Gasteiger partial charge in [0.25, 0.3) is 5.78 Å². The van der Waals surface area contributed by atoms with E-state index in [4.69, 9.17) is 9.47 Å². The van der Waals surface area contributed by atoms with Crippen molar-refractivity contribution < 1.29 is 24.2 Å². The second-order valence-electron chi connectivity index (χ2n) is 11.3. The number of rotatable bonds is 10. The molecule has 4 aromatic carbocycles. The van der Waals surface area contributed by atoms with Gasteiger partial charge in [0.05, 0.1) is 18.7 Å². The fourth-order valence-electron chi connectivity index (χ4n) is 5.38. The number of ether oxygens (including phenoxy) is 2. The molecule has 0 radical (unpaired) electrons. The van der Waals surface area contributed by atoms with Crippen LogP contribution in [0, 0.1) is 20.8 Å². The van der Waals surface area contributed by atoms with E-state index in [0.717, 1.165) is 22.3 Å². The predicted molar refractivity (Wildman–Crippen MR) is 185 cm³/mol. The van der Waals surface area contributed by atoms with Gasteiger partial charge in [-0.1, -0.05) is 107 Å². The lowest BCUT2D eigenvalue weighted by Crippen LogP contribution is -2.29. The summed E-state index contributed by atoms with van der Waals surface area (Å²) in [5, 5.41) is 20.7. The first-order chi connectivity index (χ1) is 22.7. The summed E-state index contributed by atoms with van der Waals surface area (Å²) in [5.74, 6) is -0.262. The molecule has 0 bridgehead atoms. The van der Waals surface area contributed by atoms with Crippen molar-refractivity contribution in [2.45, 2.75) is 43.5 Å². The number of hydrogen-bond acceptors (Lipinski definition) is 9. The smallest absolute Gasteiger partial charge is 0.301 e. The molecule has 238 valence electrons. The number of amides is 1. The van der Waals surface area contributed by atoms with Gasteiger partial charge in [-0.15, -0.1) is 10.2 Å². The third-order valence-corrected chi connectivity index (χ3v) is 10.0. The molecule has 1 aromatic heterocycles. The minimum Gasteiger partial charge on any atom is -0.507 e. The lowest BCUT2D eigenvalue weighted by Gasteiger charge is -2.23. The maximum absolute atomic E-state index is 13.8. The minimum absolute atomic E-state index is 0.0345. The van der Waals surface area contributed by atoms with E-state index in [1.807, 2.05) is 63.2 Å². The van der Waals surface area contributed by atoms with Crippen LogP contribution in [0.5, 0.6) is 11.5 Å². The highest BCUT2D eigenvalue weighted by atomic mass is 32.2. The molecule has 1 saturated heterocycles. The first-order valence-electron chi connectivity index (χ1n) is 15.0. The maximum atomic E-state index is 13.8. The number of aliphatic hydroxyl groups excluding tert-OH is 1. The summed E-state index contributed by atoms with van der Waals surface area (Å²) in [6.07, 6.45) is 0. The molecule has 1 unspecified atom stereocenters.